The first-order valence-electron chi connectivity index (χ1n) is 10.8. The molecule has 1 aliphatic heterocycles. The number of carbonyl (C=O) groups excluding carboxylic acids is 1. The zero-order valence-corrected chi connectivity index (χ0v) is 20.1. The quantitative estimate of drug-likeness (QED) is 0.401. The zero-order chi connectivity index (χ0) is 24.5. The number of fused-ring (bicyclic) bond motifs is 1. The van der Waals surface area contributed by atoms with Gasteiger partial charge in [-0.15, -0.1) is 0 Å². The molecule has 0 aliphatic carbocycles. The number of halogens is 1. The van der Waals surface area contributed by atoms with E-state index in [0.29, 0.717) is 33.7 Å². The third-order valence-corrected chi connectivity index (χ3v) is 5.95. The highest BCUT2D eigenvalue weighted by atomic mass is 35.5. The van der Waals surface area contributed by atoms with Crippen LogP contribution in [0.1, 0.15) is 22.3 Å². The number of nitrogens with zero attached hydrogens (tertiary/aromatic N) is 5. The normalized spacial score (nSPS) is 12.6. The molecule has 0 spiro atoms. The van der Waals surface area contributed by atoms with Crippen molar-refractivity contribution in [3.63, 3.8) is 0 Å². The molecule has 2 N–H and O–H groups in total. The molecule has 0 fully saturated rings. The van der Waals surface area contributed by atoms with Gasteiger partial charge in [-0.25, -0.2) is 0 Å². The van der Waals surface area contributed by atoms with Crippen molar-refractivity contribution in [2.45, 2.75) is 6.42 Å². The van der Waals surface area contributed by atoms with Crippen LogP contribution in [-0.2, 0) is 0 Å². The van der Waals surface area contributed by atoms with Gasteiger partial charge in [0.15, 0.2) is 0 Å². The maximum Gasteiger partial charge on any atom is 0.253 e. The number of aromatic nitrogens is 3. The Morgan fingerprint density at radius 1 is 1.11 bits per heavy atom. The molecule has 2 aromatic heterocycles. The van der Waals surface area contributed by atoms with E-state index in [1.165, 1.54) is 4.90 Å². The number of aromatic amines is 1. The summed E-state index contributed by atoms with van der Waals surface area (Å²) < 4.78 is 5.61. The molecular formula is C25H22ClN7O2. The van der Waals surface area contributed by atoms with Gasteiger partial charge in [0.2, 0.25) is 11.8 Å². The molecule has 0 atom stereocenters. The number of nitrogens with one attached hydrogen (secondary N) is 2. The summed E-state index contributed by atoms with van der Waals surface area (Å²) in [7, 11) is 4.95. The maximum atomic E-state index is 12.2. The van der Waals surface area contributed by atoms with Crippen LogP contribution in [0.4, 0.5) is 11.6 Å². The lowest BCUT2D eigenvalue weighted by Crippen LogP contribution is -2.21. The van der Waals surface area contributed by atoms with Gasteiger partial charge >= 0.3 is 0 Å². The molecule has 10 heteroatoms. The molecule has 1 aliphatic rings. The van der Waals surface area contributed by atoms with Crippen LogP contribution >= 0.6 is 11.6 Å². The summed E-state index contributed by atoms with van der Waals surface area (Å²) in [5.74, 6) is 0.599. The number of H-pyrrole nitrogens is 1. The van der Waals surface area contributed by atoms with E-state index in [9.17, 15) is 4.79 Å². The molecule has 176 valence electrons. The topological polar surface area (TPSA) is 108 Å². The highest BCUT2D eigenvalue weighted by Gasteiger charge is 2.18. The van der Waals surface area contributed by atoms with Gasteiger partial charge in [0, 0.05) is 44.1 Å². The first-order valence-corrected chi connectivity index (χ1v) is 11.2. The first kappa shape index (κ1) is 22.5. The average molecular weight is 488 g/mol. The van der Waals surface area contributed by atoms with E-state index in [1.807, 2.05) is 30.5 Å². The Balaban J connectivity index is 1.45. The minimum absolute atomic E-state index is 0.130. The van der Waals surface area contributed by atoms with Crippen molar-refractivity contribution >= 4 is 52.1 Å². The monoisotopic (exact) mass is 487 g/mol. The molecule has 35 heavy (non-hydrogen) atoms. The molecule has 2 aromatic carbocycles. The Labute approximate surface area is 206 Å². The molecule has 1 amide bonds. The van der Waals surface area contributed by atoms with E-state index in [-0.39, 0.29) is 5.91 Å². The van der Waals surface area contributed by atoms with Gasteiger partial charge in [-0.2, -0.15) is 20.2 Å². The molecular weight excluding hydrogens is 466 g/mol. The van der Waals surface area contributed by atoms with Crippen LogP contribution in [-0.4, -0.2) is 58.9 Å². The van der Waals surface area contributed by atoms with Gasteiger partial charge in [-0.1, -0.05) is 35.9 Å². The Morgan fingerprint density at radius 2 is 1.89 bits per heavy atom. The van der Waals surface area contributed by atoms with Gasteiger partial charge in [-0.05, 0) is 29.3 Å². The van der Waals surface area contributed by atoms with Crippen LogP contribution in [0.25, 0.3) is 22.2 Å². The SMILES string of the molecule is COc1nc(Nc2ccc(C(=O)N(C)C)cc2Cl)nc2[nH]cc(-c3ccc(C4=NN=CC4)cc3)c12. The Bertz CT molecular complexity index is 1490. The highest BCUT2D eigenvalue weighted by Crippen LogP contribution is 2.35. The Hall–Kier alpha value is -4.24. The van der Waals surface area contributed by atoms with Crippen molar-refractivity contribution in [1.29, 1.82) is 0 Å². The van der Waals surface area contributed by atoms with Gasteiger partial charge in [0.1, 0.15) is 5.65 Å². The molecule has 0 unspecified atom stereocenters. The molecule has 0 radical (unpaired) electrons. The van der Waals surface area contributed by atoms with Gasteiger partial charge < -0.3 is 19.9 Å². The lowest BCUT2D eigenvalue weighted by Gasteiger charge is -2.13. The fourth-order valence-electron chi connectivity index (χ4n) is 3.86. The average Bonchev–Trinajstić information content (AvgIpc) is 3.55. The molecule has 0 saturated heterocycles. The minimum atomic E-state index is -0.130. The first-order chi connectivity index (χ1) is 16.9. The summed E-state index contributed by atoms with van der Waals surface area (Å²) in [4.78, 5) is 26.0. The predicted molar refractivity (Wildman–Crippen MR) is 138 cm³/mol. The van der Waals surface area contributed by atoms with Crippen molar-refractivity contribution in [1.82, 2.24) is 19.9 Å². The third-order valence-electron chi connectivity index (χ3n) is 5.63. The van der Waals surface area contributed by atoms with Crippen LogP contribution in [0, 0.1) is 0 Å². The van der Waals surface area contributed by atoms with Crippen LogP contribution in [0.5, 0.6) is 5.88 Å². The summed E-state index contributed by atoms with van der Waals surface area (Å²) >= 11 is 6.42. The Kier molecular flexibility index (Phi) is 5.92. The Morgan fingerprint density at radius 3 is 2.54 bits per heavy atom. The van der Waals surface area contributed by atoms with Gasteiger partial charge in [0.25, 0.3) is 5.91 Å². The lowest BCUT2D eigenvalue weighted by atomic mass is 10.0. The number of benzene rings is 2. The lowest BCUT2D eigenvalue weighted by molar-refractivity contribution is 0.0827. The minimum Gasteiger partial charge on any atom is -0.480 e. The van der Waals surface area contributed by atoms with Crippen molar-refractivity contribution in [3.8, 4) is 17.0 Å². The zero-order valence-electron chi connectivity index (χ0n) is 19.3. The smallest absolute Gasteiger partial charge is 0.253 e. The maximum absolute atomic E-state index is 12.2. The predicted octanol–water partition coefficient (Wildman–Crippen LogP) is 4.91. The van der Waals surface area contributed by atoms with E-state index >= 15 is 0 Å². The fourth-order valence-corrected chi connectivity index (χ4v) is 4.08. The third kappa shape index (κ3) is 4.33. The second-order valence-electron chi connectivity index (χ2n) is 8.13. The van der Waals surface area contributed by atoms with Crippen molar-refractivity contribution in [2.24, 2.45) is 10.2 Å². The van der Waals surface area contributed by atoms with Crippen molar-refractivity contribution in [2.75, 3.05) is 26.5 Å². The van der Waals surface area contributed by atoms with Crippen LogP contribution < -0.4 is 10.1 Å². The molecule has 9 nitrogen and oxygen atoms in total. The number of methoxy groups -OCH3 is 1. The second kappa shape index (κ2) is 9.19. The number of amides is 1. The van der Waals surface area contributed by atoms with Crippen LogP contribution in [0.2, 0.25) is 5.02 Å². The molecule has 3 heterocycles. The molecule has 0 bridgehead atoms. The van der Waals surface area contributed by atoms with Crippen molar-refractivity contribution in [3.05, 3.63) is 64.8 Å². The van der Waals surface area contributed by atoms with E-state index in [1.54, 1.807) is 45.6 Å². The van der Waals surface area contributed by atoms with E-state index < -0.39 is 0 Å². The molecule has 5 rings (SSSR count). The number of hydrogen-bond donors (Lipinski definition) is 2. The van der Waals surface area contributed by atoms with E-state index in [2.05, 4.69) is 30.5 Å². The van der Waals surface area contributed by atoms with Gasteiger partial charge in [-0.3, -0.25) is 4.79 Å². The molecule has 0 saturated carbocycles. The van der Waals surface area contributed by atoms with Crippen molar-refractivity contribution < 1.29 is 9.53 Å². The highest BCUT2D eigenvalue weighted by molar-refractivity contribution is 6.33. The fraction of sp³-hybridized carbons (Fsp3) is 0.160. The summed E-state index contributed by atoms with van der Waals surface area (Å²) in [5, 5.41) is 12.4. The number of hydrogen-bond acceptors (Lipinski definition) is 7. The summed E-state index contributed by atoms with van der Waals surface area (Å²) in [6.45, 7) is 0. The summed E-state index contributed by atoms with van der Waals surface area (Å²) in [6, 6.07) is 13.1. The summed E-state index contributed by atoms with van der Waals surface area (Å²) in [6.07, 6.45) is 4.41. The number of ether oxygens (including phenoxy) is 1. The molecule has 4 aromatic rings. The number of rotatable bonds is 6. The van der Waals surface area contributed by atoms with Crippen LogP contribution in [0.3, 0.4) is 0 Å². The van der Waals surface area contributed by atoms with Gasteiger partial charge in [0.05, 0.1) is 28.9 Å². The van der Waals surface area contributed by atoms with Crippen LogP contribution in [0.15, 0.2) is 58.9 Å². The summed E-state index contributed by atoms with van der Waals surface area (Å²) in [5.41, 5.74) is 5.58. The second-order valence-corrected chi connectivity index (χ2v) is 8.54. The number of carbonyl (C=O) groups is 1. The standard InChI is InChI=1S/C25H22ClN7O2/c1-33(2)24(34)16-8-9-20(18(26)12-16)29-25-30-22-21(23(31-25)35-3)17(13-27-22)14-4-6-15(7-5-14)19-10-11-28-32-19/h4-9,11-13H,10H2,1-3H3,(H2,27,29,30,31). The number of anilines is 2. The van der Waals surface area contributed by atoms with E-state index in [0.717, 1.165) is 34.2 Å². The van der Waals surface area contributed by atoms with E-state index in [4.69, 9.17) is 16.3 Å². The largest absolute Gasteiger partial charge is 0.480 e.